The summed E-state index contributed by atoms with van der Waals surface area (Å²) < 4.78 is 37.8. The molecule has 1 amide bonds. The predicted molar refractivity (Wildman–Crippen MR) is 62.8 cm³/mol. The van der Waals surface area contributed by atoms with Crippen LogP contribution in [0.3, 0.4) is 0 Å². The summed E-state index contributed by atoms with van der Waals surface area (Å²) in [6, 6.07) is -0.288. The van der Waals surface area contributed by atoms with Gasteiger partial charge < -0.3 is 10.6 Å². The highest BCUT2D eigenvalue weighted by atomic mass is 19.4. The predicted octanol–water partition coefficient (Wildman–Crippen LogP) is 2.16. The van der Waals surface area contributed by atoms with Crippen LogP contribution in [0.15, 0.2) is 0 Å². The molecule has 3 nitrogen and oxygen atoms in total. The fraction of sp³-hybridized carbons (Fsp3) is 0.917. The van der Waals surface area contributed by atoms with Crippen molar-refractivity contribution in [2.45, 2.75) is 45.3 Å². The van der Waals surface area contributed by atoms with Gasteiger partial charge in [0.1, 0.15) is 0 Å². The Morgan fingerprint density at radius 3 is 2.56 bits per heavy atom. The number of nitrogens with zero attached hydrogens (tertiary/aromatic N) is 1. The van der Waals surface area contributed by atoms with E-state index in [2.05, 4.69) is 0 Å². The number of alkyl halides is 3. The molecule has 0 aromatic heterocycles. The molecule has 1 aliphatic heterocycles. The van der Waals surface area contributed by atoms with Gasteiger partial charge in [-0.3, -0.25) is 4.79 Å². The van der Waals surface area contributed by atoms with E-state index in [0.717, 1.165) is 0 Å². The molecule has 18 heavy (non-hydrogen) atoms. The van der Waals surface area contributed by atoms with Crippen LogP contribution in [0.1, 0.15) is 33.1 Å². The van der Waals surface area contributed by atoms with Gasteiger partial charge in [0.15, 0.2) is 0 Å². The first-order valence-electron chi connectivity index (χ1n) is 6.32. The number of rotatable bonds is 3. The van der Waals surface area contributed by atoms with Crippen molar-refractivity contribution in [2.24, 2.45) is 17.6 Å². The minimum Gasteiger partial charge on any atom is -0.342 e. The van der Waals surface area contributed by atoms with Gasteiger partial charge in [-0.2, -0.15) is 13.2 Å². The van der Waals surface area contributed by atoms with E-state index in [4.69, 9.17) is 5.73 Å². The SMILES string of the molecule is CC(C)C(N)CC(=O)N1CCCC(C(F)(F)F)C1. The molecule has 2 N–H and O–H groups in total. The van der Waals surface area contributed by atoms with E-state index < -0.39 is 12.1 Å². The second kappa shape index (κ2) is 5.91. The maximum atomic E-state index is 12.6. The van der Waals surface area contributed by atoms with Gasteiger partial charge in [-0.25, -0.2) is 0 Å². The van der Waals surface area contributed by atoms with Gasteiger partial charge in [0.2, 0.25) is 5.91 Å². The summed E-state index contributed by atoms with van der Waals surface area (Å²) in [7, 11) is 0. The number of carbonyl (C=O) groups is 1. The molecule has 0 aliphatic carbocycles. The Balaban J connectivity index is 2.54. The van der Waals surface area contributed by atoms with Crippen molar-refractivity contribution in [3.63, 3.8) is 0 Å². The molecule has 2 atom stereocenters. The Labute approximate surface area is 106 Å². The average Bonchev–Trinajstić information content (AvgIpc) is 2.27. The zero-order chi connectivity index (χ0) is 13.9. The molecule has 0 saturated carbocycles. The van der Waals surface area contributed by atoms with Gasteiger partial charge in [0.25, 0.3) is 0 Å². The number of hydrogen-bond acceptors (Lipinski definition) is 2. The molecule has 1 heterocycles. The highest BCUT2D eigenvalue weighted by molar-refractivity contribution is 5.77. The smallest absolute Gasteiger partial charge is 0.342 e. The van der Waals surface area contributed by atoms with Crippen LogP contribution in [0.25, 0.3) is 0 Å². The Morgan fingerprint density at radius 2 is 2.06 bits per heavy atom. The van der Waals surface area contributed by atoms with E-state index in [1.54, 1.807) is 0 Å². The van der Waals surface area contributed by atoms with Crippen molar-refractivity contribution < 1.29 is 18.0 Å². The molecule has 1 fully saturated rings. The van der Waals surface area contributed by atoms with Gasteiger partial charge in [0, 0.05) is 25.6 Å². The minimum absolute atomic E-state index is 0.115. The monoisotopic (exact) mass is 266 g/mol. The van der Waals surface area contributed by atoms with E-state index in [0.29, 0.717) is 13.0 Å². The average molecular weight is 266 g/mol. The van der Waals surface area contributed by atoms with E-state index >= 15 is 0 Å². The molecule has 0 spiro atoms. The van der Waals surface area contributed by atoms with Crippen LogP contribution in [0.4, 0.5) is 13.2 Å². The topological polar surface area (TPSA) is 46.3 Å². The Hall–Kier alpha value is -0.780. The first-order valence-corrected chi connectivity index (χ1v) is 6.32. The van der Waals surface area contributed by atoms with Gasteiger partial charge in [-0.15, -0.1) is 0 Å². The number of nitrogens with two attached hydrogens (primary N) is 1. The molecular weight excluding hydrogens is 245 g/mol. The van der Waals surface area contributed by atoms with Crippen LogP contribution in [0, 0.1) is 11.8 Å². The number of hydrogen-bond donors (Lipinski definition) is 1. The maximum Gasteiger partial charge on any atom is 0.393 e. The molecule has 0 aromatic carbocycles. The fourth-order valence-corrected chi connectivity index (χ4v) is 2.04. The maximum absolute atomic E-state index is 12.6. The van der Waals surface area contributed by atoms with Gasteiger partial charge in [-0.05, 0) is 18.8 Å². The molecule has 2 unspecified atom stereocenters. The molecule has 0 radical (unpaired) electrons. The molecule has 0 aromatic rings. The van der Waals surface area contributed by atoms with E-state index in [1.165, 1.54) is 4.90 Å². The van der Waals surface area contributed by atoms with Gasteiger partial charge >= 0.3 is 6.18 Å². The second-order valence-electron chi connectivity index (χ2n) is 5.33. The van der Waals surface area contributed by atoms with Crippen molar-refractivity contribution in [1.82, 2.24) is 4.90 Å². The highest BCUT2D eigenvalue weighted by Gasteiger charge is 2.42. The first kappa shape index (κ1) is 15.3. The number of likely N-dealkylation sites (tertiary alicyclic amines) is 1. The third-order valence-electron chi connectivity index (χ3n) is 3.50. The van der Waals surface area contributed by atoms with Crippen LogP contribution in [-0.2, 0) is 4.79 Å². The summed E-state index contributed by atoms with van der Waals surface area (Å²) in [6.07, 6.45) is -3.56. The Bertz CT molecular complexity index is 292. The van der Waals surface area contributed by atoms with Crippen molar-refractivity contribution >= 4 is 5.91 Å². The highest BCUT2D eigenvalue weighted by Crippen LogP contribution is 2.33. The van der Waals surface area contributed by atoms with Crippen LogP contribution in [0.5, 0.6) is 0 Å². The van der Waals surface area contributed by atoms with Gasteiger partial charge in [0.05, 0.1) is 5.92 Å². The lowest BCUT2D eigenvalue weighted by molar-refractivity contribution is -0.188. The molecule has 6 heteroatoms. The Kier molecular flexibility index (Phi) is 5.01. The van der Waals surface area contributed by atoms with Gasteiger partial charge in [-0.1, -0.05) is 13.8 Å². The third kappa shape index (κ3) is 4.15. The summed E-state index contributed by atoms with van der Waals surface area (Å²) in [5, 5.41) is 0. The van der Waals surface area contributed by atoms with Crippen molar-refractivity contribution in [3.8, 4) is 0 Å². The Morgan fingerprint density at radius 1 is 1.44 bits per heavy atom. The summed E-state index contributed by atoms with van der Waals surface area (Å²) in [5.41, 5.74) is 5.77. The lowest BCUT2D eigenvalue weighted by Crippen LogP contribution is -2.46. The molecule has 1 aliphatic rings. The van der Waals surface area contributed by atoms with Crippen molar-refractivity contribution in [2.75, 3.05) is 13.1 Å². The largest absolute Gasteiger partial charge is 0.393 e. The third-order valence-corrected chi connectivity index (χ3v) is 3.50. The zero-order valence-corrected chi connectivity index (χ0v) is 10.8. The molecule has 106 valence electrons. The fourth-order valence-electron chi connectivity index (χ4n) is 2.04. The normalized spacial score (nSPS) is 23.3. The standard InChI is InChI=1S/C12H21F3N2O/c1-8(2)10(16)6-11(18)17-5-3-4-9(7-17)12(13,14)15/h8-10H,3-7,16H2,1-2H3. The van der Waals surface area contributed by atoms with Crippen LogP contribution in [-0.4, -0.2) is 36.1 Å². The molecule has 1 rings (SSSR count). The lowest BCUT2D eigenvalue weighted by atomic mass is 9.96. The van der Waals surface area contributed by atoms with Crippen LogP contribution >= 0.6 is 0 Å². The summed E-state index contributed by atoms with van der Waals surface area (Å²) in [4.78, 5) is 13.2. The second-order valence-corrected chi connectivity index (χ2v) is 5.33. The quantitative estimate of drug-likeness (QED) is 0.851. The first-order chi connectivity index (χ1) is 8.21. The number of halogens is 3. The minimum atomic E-state index is -4.21. The summed E-state index contributed by atoms with van der Waals surface area (Å²) in [5.74, 6) is -1.49. The lowest BCUT2D eigenvalue weighted by Gasteiger charge is -2.34. The van der Waals surface area contributed by atoms with Crippen molar-refractivity contribution in [3.05, 3.63) is 0 Å². The molecular formula is C12H21F3N2O. The van der Waals surface area contributed by atoms with Crippen molar-refractivity contribution in [1.29, 1.82) is 0 Å². The number of piperidine rings is 1. The summed E-state index contributed by atoms with van der Waals surface area (Å²) in [6.45, 7) is 3.99. The van der Waals surface area contributed by atoms with E-state index in [-0.39, 0.29) is 37.3 Å². The van der Waals surface area contributed by atoms with Crippen LogP contribution < -0.4 is 5.73 Å². The summed E-state index contributed by atoms with van der Waals surface area (Å²) >= 11 is 0. The van der Waals surface area contributed by atoms with E-state index in [1.807, 2.05) is 13.8 Å². The number of amides is 1. The number of carbonyl (C=O) groups excluding carboxylic acids is 1. The zero-order valence-electron chi connectivity index (χ0n) is 10.8. The van der Waals surface area contributed by atoms with Crippen LogP contribution in [0.2, 0.25) is 0 Å². The molecule has 1 saturated heterocycles. The van der Waals surface area contributed by atoms with E-state index in [9.17, 15) is 18.0 Å². The molecule has 0 bridgehead atoms.